The quantitative estimate of drug-likeness (QED) is 0.714. The van der Waals surface area contributed by atoms with Gasteiger partial charge in [0.2, 0.25) is 11.8 Å². The average molecular weight is 421 g/mol. The molecule has 2 fully saturated rings. The van der Waals surface area contributed by atoms with Gasteiger partial charge in [0.15, 0.2) is 0 Å². The largest absolute Gasteiger partial charge is 0.380 e. The van der Waals surface area contributed by atoms with Gasteiger partial charge in [-0.2, -0.15) is 5.10 Å². The first-order valence-electron chi connectivity index (χ1n) is 10.6. The van der Waals surface area contributed by atoms with Crippen molar-refractivity contribution in [3.8, 4) is 0 Å². The molecule has 3 aliphatic rings. The van der Waals surface area contributed by atoms with Crippen LogP contribution in [0.4, 0.5) is 5.69 Å². The van der Waals surface area contributed by atoms with Gasteiger partial charge in [-0.25, -0.2) is 0 Å². The topological polar surface area (TPSA) is 113 Å². The molecule has 0 radical (unpaired) electrons. The van der Waals surface area contributed by atoms with Crippen LogP contribution in [0, 0.1) is 0 Å². The third-order valence-electron chi connectivity index (χ3n) is 6.30. The van der Waals surface area contributed by atoms with Gasteiger partial charge in [-0.3, -0.25) is 34.1 Å². The Morgan fingerprint density at radius 2 is 1.87 bits per heavy atom. The number of hydrogen-bond donors (Lipinski definition) is 2. The summed E-state index contributed by atoms with van der Waals surface area (Å²) in [6.45, 7) is 0.461. The van der Waals surface area contributed by atoms with E-state index in [1.54, 1.807) is 18.2 Å². The van der Waals surface area contributed by atoms with Crippen molar-refractivity contribution in [1.82, 2.24) is 20.0 Å². The van der Waals surface area contributed by atoms with Crippen molar-refractivity contribution in [2.24, 2.45) is 0 Å². The molecule has 9 heteroatoms. The average Bonchev–Trinajstić information content (AvgIpc) is 3.49. The molecule has 1 unspecified atom stereocenters. The van der Waals surface area contributed by atoms with Crippen molar-refractivity contribution < 1.29 is 19.2 Å². The lowest BCUT2D eigenvalue weighted by Crippen LogP contribution is -2.54. The summed E-state index contributed by atoms with van der Waals surface area (Å²) in [6, 6.07) is 4.53. The van der Waals surface area contributed by atoms with Crippen molar-refractivity contribution in [2.45, 2.75) is 57.2 Å². The molecule has 5 rings (SSSR count). The van der Waals surface area contributed by atoms with Crippen LogP contribution >= 0.6 is 0 Å². The lowest BCUT2D eigenvalue weighted by Gasteiger charge is -2.27. The Kier molecular flexibility index (Phi) is 4.80. The molecule has 2 aliphatic heterocycles. The molecule has 3 heterocycles. The Bertz CT molecular complexity index is 1090. The first-order valence-corrected chi connectivity index (χ1v) is 10.6. The van der Waals surface area contributed by atoms with Crippen LogP contribution in [-0.4, -0.2) is 44.4 Å². The highest BCUT2D eigenvalue weighted by Gasteiger charge is 2.45. The van der Waals surface area contributed by atoms with E-state index in [1.807, 2.05) is 17.1 Å². The van der Waals surface area contributed by atoms with E-state index in [1.165, 1.54) is 12.8 Å². The van der Waals surface area contributed by atoms with Gasteiger partial charge >= 0.3 is 0 Å². The fourth-order valence-corrected chi connectivity index (χ4v) is 4.70. The molecular weight excluding hydrogens is 398 g/mol. The monoisotopic (exact) mass is 421 g/mol. The molecular formula is C22H23N5O4. The number of fused-ring (bicyclic) bond motifs is 1. The summed E-state index contributed by atoms with van der Waals surface area (Å²) in [5.74, 6) is -2.02. The number of piperidine rings is 1. The van der Waals surface area contributed by atoms with Crippen LogP contribution in [0.15, 0.2) is 30.6 Å². The summed E-state index contributed by atoms with van der Waals surface area (Å²) >= 11 is 0. The second-order valence-corrected chi connectivity index (χ2v) is 8.30. The molecule has 1 aromatic heterocycles. The van der Waals surface area contributed by atoms with Gasteiger partial charge in [-0.1, -0.05) is 18.9 Å². The zero-order valence-corrected chi connectivity index (χ0v) is 17.0. The third-order valence-corrected chi connectivity index (χ3v) is 6.30. The summed E-state index contributed by atoms with van der Waals surface area (Å²) in [7, 11) is 0. The van der Waals surface area contributed by atoms with Crippen LogP contribution in [0.2, 0.25) is 0 Å². The number of hydrogen-bond acceptors (Lipinski definition) is 6. The number of nitrogens with one attached hydrogen (secondary N) is 2. The molecule has 1 aromatic carbocycles. The Morgan fingerprint density at radius 1 is 1.06 bits per heavy atom. The molecule has 2 N–H and O–H groups in total. The SMILES string of the molecule is O=C1CCC(N2C(=O)c3cccc(NCc4cnn(C5CCCC5)c4)c3C2=O)C(=O)N1. The van der Waals surface area contributed by atoms with Gasteiger partial charge in [-0.05, 0) is 31.4 Å². The first kappa shape index (κ1) is 19.5. The highest BCUT2D eigenvalue weighted by Crippen LogP contribution is 2.33. The van der Waals surface area contributed by atoms with E-state index in [2.05, 4.69) is 15.7 Å². The number of carbonyl (C=O) groups is 4. The van der Waals surface area contributed by atoms with Crippen LogP contribution in [0.1, 0.15) is 70.8 Å². The maximum Gasteiger partial charge on any atom is 0.264 e. The molecule has 1 saturated heterocycles. The van der Waals surface area contributed by atoms with E-state index in [4.69, 9.17) is 0 Å². The molecule has 2 aromatic rings. The highest BCUT2D eigenvalue weighted by molar-refractivity contribution is 6.25. The minimum Gasteiger partial charge on any atom is -0.380 e. The molecule has 1 saturated carbocycles. The number of carbonyl (C=O) groups excluding carboxylic acids is 4. The molecule has 1 aliphatic carbocycles. The summed E-state index contributed by atoms with van der Waals surface area (Å²) in [5.41, 5.74) is 2.06. The van der Waals surface area contributed by atoms with E-state index in [-0.39, 0.29) is 24.0 Å². The molecule has 1 atom stereocenters. The fourth-order valence-electron chi connectivity index (χ4n) is 4.70. The van der Waals surface area contributed by atoms with Crippen LogP contribution in [0.5, 0.6) is 0 Å². The van der Waals surface area contributed by atoms with Crippen molar-refractivity contribution in [3.05, 3.63) is 47.3 Å². The second-order valence-electron chi connectivity index (χ2n) is 8.30. The van der Waals surface area contributed by atoms with Gasteiger partial charge < -0.3 is 5.32 Å². The van der Waals surface area contributed by atoms with Crippen LogP contribution in [0.25, 0.3) is 0 Å². The number of nitrogens with zero attached hydrogens (tertiary/aromatic N) is 3. The molecule has 31 heavy (non-hydrogen) atoms. The predicted molar refractivity (Wildman–Crippen MR) is 110 cm³/mol. The number of imide groups is 2. The number of anilines is 1. The lowest BCUT2D eigenvalue weighted by atomic mass is 10.0. The second kappa shape index (κ2) is 7.64. The first-order chi connectivity index (χ1) is 15.0. The Morgan fingerprint density at radius 3 is 2.65 bits per heavy atom. The van der Waals surface area contributed by atoms with Crippen LogP contribution < -0.4 is 10.6 Å². The number of rotatable bonds is 5. The van der Waals surface area contributed by atoms with Gasteiger partial charge in [-0.15, -0.1) is 0 Å². The number of benzene rings is 1. The predicted octanol–water partition coefficient (Wildman–Crippen LogP) is 2.01. The molecule has 160 valence electrons. The van der Waals surface area contributed by atoms with E-state index in [0.29, 0.717) is 18.3 Å². The third kappa shape index (κ3) is 3.39. The van der Waals surface area contributed by atoms with E-state index in [9.17, 15) is 19.2 Å². The Hall–Kier alpha value is -3.49. The van der Waals surface area contributed by atoms with E-state index in [0.717, 1.165) is 23.3 Å². The molecule has 9 nitrogen and oxygen atoms in total. The Balaban J connectivity index is 1.34. The standard InChI is InChI=1S/C22H23N5O4/c28-18-9-8-17(20(29)25-18)27-21(30)15-6-3-7-16(19(15)22(27)31)23-10-13-11-24-26(12-13)14-4-1-2-5-14/h3,6-7,11-12,14,17,23H,1-2,4-5,8-10H2,(H,25,28,29). The van der Waals surface area contributed by atoms with Crippen molar-refractivity contribution in [1.29, 1.82) is 0 Å². The zero-order valence-electron chi connectivity index (χ0n) is 17.0. The van der Waals surface area contributed by atoms with Crippen molar-refractivity contribution in [2.75, 3.05) is 5.32 Å². The number of aromatic nitrogens is 2. The smallest absolute Gasteiger partial charge is 0.264 e. The molecule has 0 spiro atoms. The summed E-state index contributed by atoms with van der Waals surface area (Å²) < 4.78 is 2.01. The van der Waals surface area contributed by atoms with Crippen LogP contribution in [0.3, 0.4) is 0 Å². The van der Waals surface area contributed by atoms with E-state index < -0.39 is 29.7 Å². The maximum atomic E-state index is 13.1. The van der Waals surface area contributed by atoms with Gasteiger partial charge in [0, 0.05) is 30.4 Å². The maximum absolute atomic E-state index is 13.1. The van der Waals surface area contributed by atoms with Gasteiger partial charge in [0.05, 0.1) is 23.4 Å². The normalized spacial score (nSPS) is 21.5. The summed E-state index contributed by atoms with van der Waals surface area (Å²) in [4.78, 5) is 50.7. The summed E-state index contributed by atoms with van der Waals surface area (Å²) in [5, 5.41) is 9.94. The Labute approximate surface area is 178 Å². The number of amides is 4. The fraction of sp³-hybridized carbons (Fsp3) is 0.409. The summed E-state index contributed by atoms with van der Waals surface area (Å²) in [6.07, 6.45) is 8.83. The minimum absolute atomic E-state index is 0.0971. The van der Waals surface area contributed by atoms with Gasteiger partial charge in [0.25, 0.3) is 11.8 Å². The lowest BCUT2D eigenvalue weighted by molar-refractivity contribution is -0.136. The highest BCUT2D eigenvalue weighted by atomic mass is 16.2. The zero-order chi connectivity index (χ0) is 21.5. The molecule has 0 bridgehead atoms. The van der Waals surface area contributed by atoms with Crippen molar-refractivity contribution >= 4 is 29.3 Å². The molecule has 4 amide bonds. The van der Waals surface area contributed by atoms with Gasteiger partial charge in [0.1, 0.15) is 6.04 Å². The van der Waals surface area contributed by atoms with E-state index >= 15 is 0 Å². The van der Waals surface area contributed by atoms with Crippen LogP contribution in [-0.2, 0) is 16.1 Å². The van der Waals surface area contributed by atoms with Crippen molar-refractivity contribution in [3.63, 3.8) is 0 Å². The minimum atomic E-state index is -0.970.